The molecule has 2 fully saturated rings. The van der Waals surface area contributed by atoms with Crippen molar-refractivity contribution in [1.29, 1.82) is 0 Å². The van der Waals surface area contributed by atoms with Gasteiger partial charge in [-0.25, -0.2) is 4.98 Å². The second kappa shape index (κ2) is 6.39. The van der Waals surface area contributed by atoms with Crippen molar-refractivity contribution in [2.75, 3.05) is 44.3 Å². The van der Waals surface area contributed by atoms with Gasteiger partial charge in [0.25, 0.3) is 0 Å². The van der Waals surface area contributed by atoms with E-state index in [1.807, 2.05) is 17.3 Å². The molecule has 2 aliphatic rings. The lowest BCUT2D eigenvalue weighted by Gasteiger charge is -2.32. The van der Waals surface area contributed by atoms with Gasteiger partial charge in [-0.15, -0.1) is 0 Å². The molecule has 3 rings (SSSR count). The minimum atomic E-state index is 0.151. The molecular formula is C15H22N4O2. The third kappa shape index (κ3) is 3.32. The summed E-state index contributed by atoms with van der Waals surface area (Å²) >= 11 is 0. The first-order chi connectivity index (χ1) is 10.2. The van der Waals surface area contributed by atoms with Crippen LogP contribution in [0.4, 0.5) is 5.82 Å². The minimum absolute atomic E-state index is 0.151. The summed E-state index contributed by atoms with van der Waals surface area (Å²) in [5, 5.41) is 0. The van der Waals surface area contributed by atoms with Gasteiger partial charge in [-0.2, -0.15) is 0 Å². The van der Waals surface area contributed by atoms with E-state index < -0.39 is 0 Å². The summed E-state index contributed by atoms with van der Waals surface area (Å²) in [6.45, 7) is 6.51. The van der Waals surface area contributed by atoms with E-state index in [1.54, 1.807) is 6.92 Å². The van der Waals surface area contributed by atoms with Crippen LogP contribution in [0.2, 0.25) is 0 Å². The van der Waals surface area contributed by atoms with Crippen LogP contribution in [0.1, 0.15) is 31.4 Å². The van der Waals surface area contributed by atoms with E-state index in [9.17, 15) is 4.79 Å². The normalized spacial score (nSPS) is 23.2. The number of anilines is 1. The molecule has 1 atom stereocenters. The Balaban J connectivity index is 1.67. The summed E-state index contributed by atoms with van der Waals surface area (Å²) in [5.41, 5.74) is 0.998. The molecule has 21 heavy (non-hydrogen) atoms. The maximum absolute atomic E-state index is 11.5. The predicted octanol–water partition coefficient (Wildman–Crippen LogP) is 1.04. The number of rotatable bonds is 2. The molecule has 1 aromatic heterocycles. The molecule has 0 aliphatic carbocycles. The summed E-state index contributed by atoms with van der Waals surface area (Å²) in [6.07, 6.45) is 5.85. The highest BCUT2D eigenvalue weighted by Crippen LogP contribution is 2.25. The number of carbonyl (C=O) groups excluding carboxylic acids is 1. The van der Waals surface area contributed by atoms with E-state index >= 15 is 0 Å². The molecule has 2 aliphatic heterocycles. The Morgan fingerprint density at radius 3 is 2.71 bits per heavy atom. The van der Waals surface area contributed by atoms with Gasteiger partial charge >= 0.3 is 0 Å². The molecule has 0 saturated carbocycles. The van der Waals surface area contributed by atoms with E-state index in [0.29, 0.717) is 5.92 Å². The van der Waals surface area contributed by atoms with Crippen LogP contribution in [-0.4, -0.2) is 60.2 Å². The lowest BCUT2D eigenvalue weighted by Crippen LogP contribution is -2.38. The van der Waals surface area contributed by atoms with E-state index in [-0.39, 0.29) is 5.91 Å². The fraction of sp³-hybridized carbons (Fsp3) is 0.667. The SMILES string of the molecule is CC(=O)N1CCCC(c2cnc(N3CCOCC3)cn2)C1. The first kappa shape index (κ1) is 14.3. The van der Waals surface area contributed by atoms with Crippen molar-refractivity contribution in [1.82, 2.24) is 14.9 Å². The number of ether oxygens (including phenoxy) is 1. The molecule has 0 radical (unpaired) electrons. The molecule has 0 N–H and O–H groups in total. The summed E-state index contributed by atoms with van der Waals surface area (Å²) < 4.78 is 5.35. The van der Waals surface area contributed by atoms with Gasteiger partial charge in [0.1, 0.15) is 5.82 Å². The zero-order chi connectivity index (χ0) is 14.7. The minimum Gasteiger partial charge on any atom is -0.378 e. The lowest BCUT2D eigenvalue weighted by molar-refractivity contribution is -0.130. The smallest absolute Gasteiger partial charge is 0.219 e. The van der Waals surface area contributed by atoms with Gasteiger partial charge in [-0.05, 0) is 12.8 Å². The summed E-state index contributed by atoms with van der Waals surface area (Å²) in [5.74, 6) is 1.38. The van der Waals surface area contributed by atoms with Crippen molar-refractivity contribution < 1.29 is 9.53 Å². The molecule has 6 nitrogen and oxygen atoms in total. The number of nitrogens with zero attached hydrogens (tertiary/aromatic N) is 4. The number of likely N-dealkylation sites (tertiary alicyclic amines) is 1. The van der Waals surface area contributed by atoms with Crippen LogP contribution in [0, 0.1) is 0 Å². The van der Waals surface area contributed by atoms with Gasteiger partial charge in [0.2, 0.25) is 5.91 Å². The highest BCUT2D eigenvalue weighted by atomic mass is 16.5. The molecular weight excluding hydrogens is 268 g/mol. The third-order valence-electron chi connectivity index (χ3n) is 4.28. The number of hydrogen-bond acceptors (Lipinski definition) is 5. The van der Waals surface area contributed by atoms with Gasteiger partial charge in [0.05, 0.1) is 31.3 Å². The van der Waals surface area contributed by atoms with Crippen molar-refractivity contribution in [2.45, 2.75) is 25.7 Å². The van der Waals surface area contributed by atoms with Crippen LogP contribution in [0.5, 0.6) is 0 Å². The number of carbonyl (C=O) groups is 1. The molecule has 0 spiro atoms. The van der Waals surface area contributed by atoms with Gasteiger partial charge < -0.3 is 14.5 Å². The van der Waals surface area contributed by atoms with Gasteiger partial charge in [0.15, 0.2) is 0 Å². The van der Waals surface area contributed by atoms with E-state index in [0.717, 1.165) is 63.7 Å². The second-order valence-corrected chi connectivity index (χ2v) is 5.70. The van der Waals surface area contributed by atoms with Gasteiger partial charge in [-0.1, -0.05) is 0 Å². The molecule has 1 unspecified atom stereocenters. The maximum Gasteiger partial charge on any atom is 0.219 e. The number of aromatic nitrogens is 2. The van der Waals surface area contributed by atoms with Crippen molar-refractivity contribution in [3.63, 3.8) is 0 Å². The van der Waals surface area contributed by atoms with Crippen LogP contribution in [0.25, 0.3) is 0 Å². The molecule has 1 aromatic rings. The Kier molecular flexibility index (Phi) is 4.34. The average molecular weight is 290 g/mol. The van der Waals surface area contributed by atoms with Crippen molar-refractivity contribution in [3.05, 3.63) is 18.1 Å². The zero-order valence-electron chi connectivity index (χ0n) is 12.5. The zero-order valence-corrected chi connectivity index (χ0v) is 12.5. The molecule has 6 heteroatoms. The second-order valence-electron chi connectivity index (χ2n) is 5.70. The van der Waals surface area contributed by atoms with Crippen molar-refractivity contribution >= 4 is 11.7 Å². The number of morpholine rings is 1. The van der Waals surface area contributed by atoms with E-state index in [1.165, 1.54) is 0 Å². The first-order valence-corrected chi connectivity index (χ1v) is 7.64. The van der Waals surface area contributed by atoms with E-state index in [2.05, 4.69) is 14.9 Å². The molecule has 0 bridgehead atoms. The Morgan fingerprint density at radius 2 is 2.05 bits per heavy atom. The molecule has 3 heterocycles. The molecule has 2 saturated heterocycles. The third-order valence-corrected chi connectivity index (χ3v) is 4.28. The topological polar surface area (TPSA) is 58.6 Å². The molecule has 114 valence electrons. The fourth-order valence-corrected chi connectivity index (χ4v) is 3.00. The summed E-state index contributed by atoms with van der Waals surface area (Å²) in [4.78, 5) is 24.8. The number of amides is 1. The molecule has 1 amide bonds. The van der Waals surface area contributed by atoms with Crippen LogP contribution in [0.15, 0.2) is 12.4 Å². The fourth-order valence-electron chi connectivity index (χ4n) is 3.00. The van der Waals surface area contributed by atoms with Crippen LogP contribution >= 0.6 is 0 Å². The largest absolute Gasteiger partial charge is 0.378 e. The van der Waals surface area contributed by atoms with Gasteiger partial charge in [0, 0.05) is 39.0 Å². The first-order valence-electron chi connectivity index (χ1n) is 7.64. The standard InChI is InChI=1S/C15H22N4O2/c1-12(20)19-4-2-3-13(11-19)14-9-17-15(10-16-14)18-5-7-21-8-6-18/h9-10,13H,2-8,11H2,1H3. The van der Waals surface area contributed by atoms with Crippen LogP contribution in [0.3, 0.4) is 0 Å². The summed E-state index contributed by atoms with van der Waals surface area (Å²) in [7, 11) is 0. The lowest BCUT2D eigenvalue weighted by atomic mass is 9.95. The quantitative estimate of drug-likeness (QED) is 0.814. The number of piperidine rings is 1. The Hall–Kier alpha value is -1.69. The van der Waals surface area contributed by atoms with Gasteiger partial charge in [-0.3, -0.25) is 9.78 Å². The number of hydrogen-bond donors (Lipinski definition) is 0. The highest BCUT2D eigenvalue weighted by molar-refractivity contribution is 5.73. The Bertz CT molecular complexity index is 485. The van der Waals surface area contributed by atoms with Crippen LogP contribution in [-0.2, 0) is 9.53 Å². The monoisotopic (exact) mass is 290 g/mol. The molecule has 0 aromatic carbocycles. The predicted molar refractivity (Wildman–Crippen MR) is 79.3 cm³/mol. The summed E-state index contributed by atoms with van der Waals surface area (Å²) in [6, 6.07) is 0. The average Bonchev–Trinajstić information content (AvgIpc) is 2.56. The van der Waals surface area contributed by atoms with Crippen LogP contribution < -0.4 is 4.90 Å². The van der Waals surface area contributed by atoms with Crippen molar-refractivity contribution in [3.8, 4) is 0 Å². The highest BCUT2D eigenvalue weighted by Gasteiger charge is 2.24. The van der Waals surface area contributed by atoms with Crippen molar-refractivity contribution in [2.24, 2.45) is 0 Å². The Labute approximate surface area is 125 Å². The van der Waals surface area contributed by atoms with E-state index in [4.69, 9.17) is 4.74 Å². The maximum atomic E-state index is 11.5. The Morgan fingerprint density at radius 1 is 1.24 bits per heavy atom.